The van der Waals surface area contributed by atoms with Crippen molar-refractivity contribution in [1.29, 1.82) is 5.26 Å². The molecule has 0 saturated carbocycles. The molecule has 98 valence electrons. The predicted octanol–water partition coefficient (Wildman–Crippen LogP) is 1.71. The quantitative estimate of drug-likeness (QED) is 0.700. The van der Waals surface area contributed by atoms with Gasteiger partial charge < -0.3 is 15.7 Å². The number of para-hydroxylation sites is 1. The molecular weight excluding hydrogens is 246 g/mol. The number of carbonyl (C=O) groups excluding carboxylic acids is 1. The van der Waals surface area contributed by atoms with Gasteiger partial charge in [-0.2, -0.15) is 5.26 Å². The van der Waals surface area contributed by atoms with Crippen LogP contribution in [0.3, 0.4) is 0 Å². The van der Waals surface area contributed by atoms with E-state index in [1.165, 1.54) is 6.08 Å². The van der Waals surface area contributed by atoms with Crippen LogP contribution < -0.4 is 10.6 Å². The number of benzene rings is 1. The molecule has 0 bridgehead atoms. The maximum Gasteiger partial charge on any atom is 0.326 e. The van der Waals surface area contributed by atoms with E-state index in [2.05, 4.69) is 17.2 Å². The minimum Gasteiger partial charge on any atom is -0.480 e. The molecule has 19 heavy (non-hydrogen) atoms. The molecule has 1 aromatic carbocycles. The van der Waals surface area contributed by atoms with Crippen molar-refractivity contribution in [3.05, 3.63) is 42.5 Å². The van der Waals surface area contributed by atoms with Crippen LogP contribution in [0.5, 0.6) is 0 Å². The number of hydrogen-bond donors (Lipinski definition) is 3. The molecule has 0 aliphatic heterocycles. The highest BCUT2D eigenvalue weighted by molar-refractivity contribution is 5.93. The van der Waals surface area contributed by atoms with E-state index in [4.69, 9.17) is 10.4 Å². The molecule has 0 heterocycles. The standard InChI is InChI=1S/C13H13N3O3/c1-2-5-11(12(17)18)16-13(19)15-10-7-4-3-6-9(10)8-14/h2-4,6-7,11H,1,5H2,(H,17,18)(H2,15,16,19). The lowest BCUT2D eigenvalue weighted by molar-refractivity contribution is -0.139. The van der Waals surface area contributed by atoms with Crippen molar-refractivity contribution in [3.63, 3.8) is 0 Å². The van der Waals surface area contributed by atoms with Gasteiger partial charge in [-0.25, -0.2) is 9.59 Å². The monoisotopic (exact) mass is 259 g/mol. The van der Waals surface area contributed by atoms with Crippen LogP contribution in [0.4, 0.5) is 10.5 Å². The summed E-state index contributed by atoms with van der Waals surface area (Å²) >= 11 is 0. The molecule has 0 aliphatic rings. The third kappa shape index (κ3) is 4.16. The summed E-state index contributed by atoms with van der Waals surface area (Å²) in [6, 6.07) is 6.63. The summed E-state index contributed by atoms with van der Waals surface area (Å²) in [5, 5.41) is 22.5. The highest BCUT2D eigenvalue weighted by Crippen LogP contribution is 2.13. The van der Waals surface area contributed by atoms with Gasteiger partial charge in [0, 0.05) is 0 Å². The first-order valence-electron chi connectivity index (χ1n) is 5.48. The van der Waals surface area contributed by atoms with Gasteiger partial charge in [0.15, 0.2) is 0 Å². The van der Waals surface area contributed by atoms with Gasteiger partial charge in [-0.05, 0) is 18.6 Å². The first-order chi connectivity index (χ1) is 9.08. The first-order valence-corrected chi connectivity index (χ1v) is 5.48. The first kappa shape index (κ1) is 14.3. The van der Waals surface area contributed by atoms with Crippen molar-refractivity contribution in [2.45, 2.75) is 12.5 Å². The molecule has 6 heteroatoms. The fourth-order valence-electron chi connectivity index (χ4n) is 1.39. The number of nitriles is 1. The fourth-order valence-corrected chi connectivity index (χ4v) is 1.39. The molecule has 0 spiro atoms. The third-order valence-corrected chi connectivity index (χ3v) is 2.30. The topological polar surface area (TPSA) is 102 Å². The largest absolute Gasteiger partial charge is 0.480 e. The predicted molar refractivity (Wildman–Crippen MR) is 69.5 cm³/mol. The van der Waals surface area contributed by atoms with E-state index in [0.29, 0.717) is 11.3 Å². The van der Waals surface area contributed by atoms with Crippen LogP contribution in [0, 0.1) is 11.3 Å². The van der Waals surface area contributed by atoms with Gasteiger partial charge in [0.2, 0.25) is 0 Å². The summed E-state index contributed by atoms with van der Waals surface area (Å²) in [5.41, 5.74) is 0.624. The van der Waals surface area contributed by atoms with Crippen molar-refractivity contribution in [2.24, 2.45) is 0 Å². The van der Waals surface area contributed by atoms with E-state index in [1.807, 2.05) is 6.07 Å². The molecular formula is C13H13N3O3. The van der Waals surface area contributed by atoms with Crippen LogP contribution >= 0.6 is 0 Å². The van der Waals surface area contributed by atoms with E-state index in [1.54, 1.807) is 24.3 Å². The fraction of sp³-hybridized carbons (Fsp3) is 0.154. The molecule has 1 atom stereocenters. The van der Waals surface area contributed by atoms with Crippen LogP contribution in [-0.4, -0.2) is 23.1 Å². The summed E-state index contributed by atoms with van der Waals surface area (Å²) < 4.78 is 0. The highest BCUT2D eigenvalue weighted by Gasteiger charge is 2.18. The number of carboxylic acids is 1. The zero-order valence-corrected chi connectivity index (χ0v) is 10.1. The SMILES string of the molecule is C=CCC(NC(=O)Nc1ccccc1C#N)C(=O)O. The molecule has 0 saturated heterocycles. The normalized spacial score (nSPS) is 10.9. The Hall–Kier alpha value is -2.81. The van der Waals surface area contributed by atoms with Gasteiger partial charge in [0.05, 0.1) is 11.3 Å². The van der Waals surface area contributed by atoms with Crippen molar-refractivity contribution >= 4 is 17.7 Å². The zero-order valence-electron chi connectivity index (χ0n) is 10.1. The van der Waals surface area contributed by atoms with Gasteiger partial charge >= 0.3 is 12.0 Å². The maximum absolute atomic E-state index is 11.6. The average Bonchev–Trinajstić information content (AvgIpc) is 2.38. The molecule has 1 unspecified atom stereocenters. The second-order valence-corrected chi connectivity index (χ2v) is 3.67. The van der Waals surface area contributed by atoms with Crippen LogP contribution in [0.15, 0.2) is 36.9 Å². The summed E-state index contributed by atoms with van der Waals surface area (Å²) in [4.78, 5) is 22.5. The van der Waals surface area contributed by atoms with Gasteiger partial charge in [0.25, 0.3) is 0 Å². The van der Waals surface area contributed by atoms with Gasteiger partial charge in [-0.3, -0.25) is 0 Å². The molecule has 2 amide bonds. The van der Waals surface area contributed by atoms with E-state index < -0.39 is 18.0 Å². The Morgan fingerprint density at radius 3 is 2.74 bits per heavy atom. The molecule has 0 aromatic heterocycles. The Labute approximate surface area is 110 Å². The lowest BCUT2D eigenvalue weighted by atomic mass is 10.2. The molecule has 0 radical (unpaired) electrons. The molecule has 0 aliphatic carbocycles. The van der Waals surface area contributed by atoms with E-state index in [0.717, 1.165) is 0 Å². The molecule has 3 N–H and O–H groups in total. The van der Waals surface area contributed by atoms with Crippen molar-refractivity contribution in [2.75, 3.05) is 5.32 Å². The van der Waals surface area contributed by atoms with Crippen molar-refractivity contribution < 1.29 is 14.7 Å². The lowest BCUT2D eigenvalue weighted by Gasteiger charge is -2.13. The summed E-state index contributed by atoms with van der Waals surface area (Å²) in [7, 11) is 0. The molecule has 6 nitrogen and oxygen atoms in total. The second kappa shape index (κ2) is 6.81. The number of amides is 2. The number of hydrogen-bond acceptors (Lipinski definition) is 3. The summed E-state index contributed by atoms with van der Waals surface area (Å²) in [5.74, 6) is -1.15. The molecule has 1 aromatic rings. The number of carboxylic acid groups (broad SMARTS) is 1. The Morgan fingerprint density at radius 2 is 2.16 bits per heavy atom. The molecule has 0 fully saturated rings. The Kier molecular flexibility index (Phi) is 5.11. The van der Waals surface area contributed by atoms with Gasteiger partial charge in [0.1, 0.15) is 12.1 Å². The number of urea groups is 1. The lowest BCUT2D eigenvalue weighted by Crippen LogP contribution is -2.42. The van der Waals surface area contributed by atoms with Gasteiger partial charge in [-0.1, -0.05) is 18.2 Å². The number of nitrogens with one attached hydrogen (secondary N) is 2. The Morgan fingerprint density at radius 1 is 1.47 bits per heavy atom. The number of rotatable bonds is 5. The smallest absolute Gasteiger partial charge is 0.326 e. The second-order valence-electron chi connectivity index (χ2n) is 3.67. The van der Waals surface area contributed by atoms with Gasteiger partial charge in [-0.15, -0.1) is 6.58 Å². The summed E-state index contributed by atoms with van der Waals surface area (Å²) in [6.07, 6.45) is 1.52. The maximum atomic E-state index is 11.6. The zero-order chi connectivity index (χ0) is 14.3. The van der Waals surface area contributed by atoms with Crippen LogP contribution in [-0.2, 0) is 4.79 Å². The highest BCUT2D eigenvalue weighted by atomic mass is 16.4. The minimum absolute atomic E-state index is 0.114. The number of aliphatic carboxylic acids is 1. The van der Waals surface area contributed by atoms with Crippen molar-refractivity contribution in [1.82, 2.24) is 5.32 Å². The van der Waals surface area contributed by atoms with E-state index in [-0.39, 0.29) is 6.42 Å². The minimum atomic E-state index is -1.15. The van der Waals surface area contributed by atoms with Crippen molar-refractivity contribution in [3.8, 4) is 6.07 Å². The third-order valence-electron chi connectivity index (χ3n) is 2.30. The molecule has 1 rings (SSSR count). The Bertz CT molecular complexity index is 534. The Balaban J connectivity index is 2.72. The number of nitrogens with zero attached hydrogens (tertiary/aromatic N) is 1. The van der Waals surface area contributed by atoms with Crippen LogP contribution in [0.2, 0.25) is 0 Å². The number of anilines is 1. The van der Waals surface area contributed by atoms with Crippen LogP contribution in [0.25, 0.3) is 0 Å². The number of carbonyl (C=O) groups is 2. The van der Waals surface area contributed by atoms with Crippen LogP contribution in [0.1, 0.15) is 12.0 Å². The van der Waals surface area contributed by atoms with E-state index in [9.17, 15) is 9.59 Å². The summed E-state index contributed by atoms with van der Waals surface area (Å²) in [6.45, 7) is 3.42. The average molecular weight is 259 g/mol. The van der Waals surface area contributed by atoms with E-state index >= 15 is 0 Å².